The summed E-state index contributed by atoms with van der Waals surface area (Å²) in [5.41, 5.74) is -0.0778. The smallest absolute Gasteiger partial charge is 0.128 e. The van der Waals surface area contributed by atoms with Crippen LogP contribution in [0.3, 0.4) is 0 Å². The van der Waals surface area contributed by atoms with Gasteiger partial charge in [0.05, 0.1) is 11.6 Å². The van der Waals surface area contributed by atoms with Gasteiger partial charge < -0.3 is 14.6 Å². The third-order valence-electron chi connectivity index (χ3n) is 4.14. The van der Waals surface area contributed by atoms with Crippen molar-refractivity contribution in [2.45, 2.75) is 57.2 Å². The van der Waals surface area contributed by atoms with Gasteiger partial charge in [-0.1, -0.05) is 19.8 Å². The van der Waals surface area contributed by atoms with E-state index in [9.17, 15) is 0 Å². The minimum Gasteiger partial charge on any atom is -0.376 e. The van der Waals surface area contributed by atoms with E-state index in [0.29, 0.717) is 0 Å². The van der Waals surface area contributed by atoms with Gasteiger partial charge in [-0.15, -0.1) is 0 Å². The lowest BCUT2D eigenvalue weighted by Gasteiger charge is -2.36. The number of rotatable bonds is 6. The summed E-state index contributed by atoms with van der Waals surface area (Å²) in [6, 6.07) is 0.187. The largest absolute Gasteiger partial charge is 0.376 e. The van der Waals surface area contributed by atoms with E-state index in [1.807, 2.05) is 20.4 Å². The van der Waals surface area contributed by atoms with Crippen molar-refractivity contribution in [3.63, 3.8) is 0 Å². The molecule has 18 heavy (non-hydrogen) atoms. The average molecular weight is 251 g/mol. The molecule has 1 fully saturated rings. The molecule has 4 nitrogen and oxygen atoms in total. The highest BCUT2D eigenvalue weighted by Crippen LogP contribution is 2.41. The predicted molar refractivity (Wildman–Crippen MR) is 72.5 cm³/mol. The lowest BCUT2D eigenvalue weighted by Crippen LogP contribution is -2.43. The van der Waals surface area contributed by atoms with Crippen LogP contribution in [0.5, 0.6) is 0 Å². The molecule has 1 saturated carbocycles. The van der Waals surface area contributed by atoms with E-state index >= 15 is 0 Å². The Morgan fingerprint density at radius 1 is 1.50 bits per heavy atom. The van der Waals surface area contributed by atoms with Crippen molar-refractivity contribution in [3.05, 3.63) is 18.2 Å². The van der Waals surface area contributed by atoms with Crippen LogP contribution in [0.15, 0.2) is 12.4 Å². The number of likely N-dealkylation sites (N-methyl/N-ethyl adjacent to an activating group) is 1. The monoisotopic (exact) mass is 251 g/mol. The van der Waals surface area contributed by atoms with Crippen LogP contribution in [0.1, 0.15) is 50.9 Å². The average Bonchev–Trinajstić information content (AvgIpc) is 3.02. The zero-order chi connectivity index (χ0) is 13.0. The van der Waals surface area contributed by atoms with Crippen molar-refractivity contribution in [1.82, 2.24) is 14.9 Å². The van der Waals surface area contributed by atoms with Gasteiger partial charge in [-0.2, -0.15) is 0 Å². The normalized spacial score (nSPS) is 20.2. The van der Waals surface area contributed by atoms with Crippen LogP contribution in [0.2, 0.25) is 0 Å². The second kappa shape index (κ2) is 5.85. The number of methoxy groups -OCH3 is 1. The molecule has 1 atom stereocenters. The molecule has 2 rings (SSSR count). The van der Waals surface area contributed by atoms with E-state index in [1.54, 1.807) is 0 Å². The number of hydrogen-bond donors (Lipinski definition) is 1. The summed E-state index contributed by atoms with van der Waals surface area (Å²) < 4.78 is 8.14. The highest BCUT2D eigenvalue weighted by Gasteiger charge is 2.43. The minimum absolute atomic E-state index is 0.0778. The highest BCUT2D eigenvalue weighted by molar-refractivity contribution is 5.09. The molecule has 1 aliphatic rings. The van der Waals surface area contributed by atoms with E-state index in [2.05, 4.69) is 28.0 Å². The molecule has 102 valence electrons. The molecule has 0 aliphatic heterocycles. The van der Waals surface area contributed by atoms with Crippen LogP contribution in [-0.4, -0.2) is 29.3 Å². The molecule has 0 saturated heterocycles. The van der Waals surface area contributed by atoms with Crippen LogP contribution < -0.4 is 5.32 Å². The Morgan fingerprint density at radius 2 is 2.22 bits per heavy atom. The number of ether oxygens (including phenoxy) is 1. The molecule has 1 aliphatic carbocycles. The fourth-order valence-corrected chi connectivity index (χ4v) is 3.22. The summed E-state index contributed by atoms with van der Waals surface area (Å²) >= 11 is 0. The van der Waals surface area contributed by atoms with Gasteiger partial charge in [0.1, 0.15) is 5.82 Å². The summed E-state index contributed by atoms with van der Waals surface area (Å²) in [6.45, 7) is 3.22. The van der Waals surface area contributed by atoms with E-state index in [4.69, 9.17) is 4.74 Å². The topological polar surface area (TPSA) is 39.1 Å². The number of nitrogens with one attached hydrogen (secondary N) is 1. The summed E-state index contributed by atoms with van der Waals surface area (Å²) in [4.78, 5) is 4.56. The van der Waals surface area contributed by atoms with E-state index in [-0.39, 0.29) is 11.6 Å². The SMILES string of the molecule is CCCn1ccnc1C(NC)C1(OC)CCCC1. The number of nitrogens with zero attached hydrogens (tertiary/aromatic N) is 2. The number of aromatic nitrogens is 2. The van der Waals surface area contributed by atoms with Gasteiger partial charge >= 0.3 is 0 Å². The molecule has 0 bridgehead atoms. The van der Waals surface area contributed by atoms with Crippen molar-refractivity contribution in [2.75, 3.05) is 14.2 Å². The first-order chi connectivity index (χ1) is 8.77. The molecule has 1 aromatic heterocycles. The second-order valence-corrected chi connectivity index (χ2v) is 5.18. The molecule has 4 heteroatoms. The summed E-state index contributed by atoms with van der Waals surface area (Å²) in [7, 11) is 3.84. The lowest BCUT2D eigenvalue weighted by atomic mass is 9.91. The van der Waals surface area contributed by atoms with Crippen molar-refractivity contribution in [2.24, 2.45) is 0 Å². The molecule has 1 unspecified atom stereocenters. The summed E-state index contributed by atoms with van der Waals surface area (Å²) in [6.07, 6.45) is 9.83. The predicted octanol–water partition coefficient (Wildman–Crippen LogP) is 2.51. The van der Waals surface area contributed by atoms with Crippen molar-refractivity contribution in [3.8, 4) is 0 Å². The molecule has 1 heterocycles. The zero-order valence-electron chi connectivity index (χ0n) is 11.8. The summed E-state index contributed by atoms with van der Waals surface area (Å²) in [5, 5.41) is 3.43. The van der Waals surface area contributed by atoms with Gasteiger partial charge in [0.2, 0.25) is 0 Å². The quantitative estimate of drug-likeness (QED) is 0.844. The molecule has 1 N–H and O–H groups in total. The Morgan fingerprint density at radius 3 is 2.78 bits per heavy atom. The first-order valence-electron chi connectivity index (χ1n) is 7.01. The van der Waals surface area contributed by atoms with Gasteiger partial charge in [-0.05, 0) is 26.3 Å². The zero-order valence-corrected chi connectivity index (χ0v) is 11.8. The fourth-order valence-electron chi connectivity index (χ4n) is 3.22. The number of imidazole rings is 1. The van der Waals surface area contributed by atoms with Gasteiger partial charge in [0, 0.05) is 26.0 Å². The van der Waals surface area contributed by atoms with Gasteiger partial charge in [0.15, 0.2) is 0 Å². The Bertz CT molecular complexity index is 369. The van der Waals surface area contributed by atoms with E-state index in [0.717, 1.165) is 31.6 Å². The third-order valence-corrected chi connectivity index (χ3v) is 4.14. The Labute approximate surface area is 110 Å². The lowest BCUT2D eigenvalue weighted by molar-refractivity contribution is -0.0379. The molecule has 0 amide bonds. The first-order valence-corrected chi connectivity index (χ1v) is 7.01. The molecule has 0 aromatic carbocycles. The van der Waals surface area contributed by atoms with Crippen molar-refractivity contribution < 1.29 is 4.74 Å². The van der Waals surface area contributed by atoms with Gasteiger partial charge in [-0.25, -0.2) is 4.98 Å². The maximum absolute atomic E-state index is 5.89. The fraction of sp³-hybridized carbons (Fsp3) is 0.786. The van der Waals surface area contributed by atoms with Crippen LogP contribution >= 0.6 is 0 Å². The minimum atomic E-state index is -0.0778. The van der Waals surface area contributed by atoms with E-state index < -0.39 is 0 Å². The van der Waals surface area contributed by atoms with Crippen LogP contribution in [0.4, 0.5) is 0 Å². The van der Waals surface area contributed by atoms with Gasteiger partial charge in [-0.3, -0.25) is 0 Å². The number of hydrogen-bond acceptors (Lipinski definition) is 3. The molecular weight excluding hydrogens is 226 g/mol. The van der Waals surface area contributed by atoms with Crippen molar-refractivity contribution in [1.29, 1.82) is 0 Å². The van der Waals surface area contributed by atoms with E-state index in [1.165, 1.54) is 12.8 Å². The number of aryl methyl sites for hydroxylation is 1. The Kier molecular flexibility index (Phi) is 4.40. The summed E-state index contributed by atoms with van der Waals surface area (Å²) in [5.74, 6) is 1.11. The van der Waals surface area contributed by atoms with Crippen molar-refractivity contribution >= 4 is 0 Å². The standard InChI is InChI=1S/C14H25N3O/c1-4-10-17-11-9-16-13(17)12(15-2)14(18-3)7-5-6-8-14/h9,11-12,15H,4-8,10H2,1-3H3. The van der Waals surface area contributed by atoms with Crippen LogP contribution in [-0.2, 0) is 11.3 Å². The van der Waals surface area contributed by atoms with Crippen LogP contribution in [0, 0.1) is 0 Å². The Balaban J connectivity index is 2.29. The second-order valence-electron chi connectivity index (χ2n) is 5.18. The maximum atomic E-state index is 5.89. The molecular formula is C14H25N3O. The third kappa shape index (κ3) is 2.31. The molecule has 0 spiro atoms. The van der Waals surface area contributed by atoms with Gasteiger partial charge in [0.25, 0.3) is 0 Å². The Hall–Kier alpha value is -0.870. The molecule has 1 aromatic rings. The molecule has 0 radical (unpaired) electrons. The first kappa shape index (κ1) is 13.6. The van der Waals surface area contributed by atoms with Crippen LogP contribution in [0.25, 0.3) is 0 Å². The maximum Gasteiger partial charge on any atom is 0.128 e. The highest BCUT2D eigenvalue weighted by atomic mass is 16.5.